The number of sulfonamides is 1. The van der Waals surface area contributed by atoms with Gasteiger partial charge in [-0.2, -0.15) is 0 Å². The summed E-state index contributed by atoms with van der Waals surface area (Å²) in [7, 11) is -2.21. The smallest absolute Gasteiger partial charge is 0.255 e. The minimum absolute atomic E-state index is 0.0561. The average molecular weight is 390 g/mol. The highest BCUT2D eigenvalue weighted by molar-refractivity contribution is 7.89. The van der Waals surface area contributed by atoms with E-state index in [9.17, 15) is 18.0 Å². The Bertz CT molecular complexity index is 923. The summed E-state index contributed by atoms with van der Waals surface area (Å²) in [6.07, 6.45) is 0. The maximum Gasteiger partial charge on any atom is 0.255 e. The largest absolute Gasteiger partial charge is 0.383 e. The van der Waals surface area contributed by atoms with Crippen molar-refractivity contribution >= 4 is 27.4 Å². The van der Waals surface area contributed by atoms with E-state index in [-0.39, 0.29) is 23.3 Å². The van der Waals surface area contributed by atoms with Gasteiger partial charge in [0.05, 0.1) is 11.5 Å². The predicted octanol–water partition coefficient (Wildman–Crippen LogP) is 2.45. The van der Waals surface area contributed by atoms with Gasteiger partial charge in [0.15, 0.2) is 5.78 Å². The third kappa shape index (κ3) is 5.72. The van der Waals surface area contributed by atoms with E-state index in [1.54, 1.807) is 31.2 Å². The Hall–Kier alpha value is -2.55. The lowest BCUT2D eigenvalue weighted by Crippen LogP contribution is -2.35. The fourth-order valence-corrected chi connectivity index (χ4v) is 3.65. The Kier molecular flexibility index (Phi) is 6.84. The van der Waals surface area contributed by atoms with Gasteiger partial charge in [-0.1, -0.05) is 12.1 Å². The molecular formula is C19H22N2O5S. The molecule has 0 aliphatic rings. The first-order valence-corrected chi connectivity index (χ1v) is 9.75. The van der Waals surface area contributed by atoms with E-state index in [0.717, 1.165) is 0 Å². The van der Waals surface area contributed by atoms with Crippen molar-refractivity contribution in [1.29, 1.82) is 0 Å². The summed E-state index contributed by atoms with van der Waals surface area (Å²) < 4.78 is 32.0. The predicted molar refractivity (Wildman–Crippen MR) is 103 cm³/mol. The Morgan fingerprint density at radius 2 is 1.74 bits per heavy atom. The summed E-state index contributed by atoms with van der Waals surface area (Å²) in [4.78, 5) is 23.8. The molecule has 7 nitrogen and oxygen atoms in total. The van der Waals surface area contributed by atoms with Crippen LogP contribution < -0.4 is 10.0 Å². The Labute approximate surface area is 158 Å². The molecule has 2 rings (SSSR count). The number of nitrogens with one attached hydrogen (secondary N) is 2. The first-order valence-electron chi connectivity index (χ1n) is 8.26. The van der Waals surface area contributed by atoms with Crippen molar-refractivity contribution in [2.45, 2.75) is 24.8 Å². The van der Waals surface area contributed by atoms with Crippen LogP contribution in [0.25, 0.3) is 0 Å². The second-order valence-electron chi connectivity index (χ2n) is 6.09. The standard InChI is InChI=1S/C19H22N2O5S/c1-13(12-26-3)21-27(24,25)18-9-7-15(8-10-18)19(23)20-17-6-4-5-16(11-17)14(2)22/h4-11,13,21H,12H2,1-3H3,(H,20,23)/t13-/m1/s1. The number of benzene rings is 2. The fourth-order valence-electron chi connectivity index (χ4n) is 2.42. The maximum absolute atomic E-state index is 12.3. The van der Waals surface area contributed by atoms with E-state index in [1.807, 2.05) is 0 Å². The number of anilines is 1. The zero-order valence-electron chi connectivity index (χ0n) is 15.4. The van der Waals surface area contributed by atoms with Crippen molar-refractivity contribution in [3.63, 3.8) is 0 Å². The monoisotopic (exact) mass is 390 g/mol. The fraction of sp³-hybridized carbons (Fsp3) is 0.263. The number of amides is 1. The van der Waals surface area contributed by atoms with Crippen molar-refractivity contribution in [1.82, 2.24) is 4.72 Å². The number of rotatable bonds is 8. The third-order valence-corrected chi connectivity index (χ3v) is 5.33. The molecule has 2 aromatic rings. The summed E-state index contributed by atoms with van der Waals surface area (Å²) in [5.41, 5.74) is 1.28. The minimum Gasteiger partial charge on any atom is -0.383 e. The van der Waals surface area contributed by atoms with Crippen LogP contribution in [0, 0.1) is 0 Å². The highest BCUT2D eigenvalue weighted by atomic mass is 32.2. The number of hydrogen-bond donors (Lipinski definition) is 2. The Balaban J connectivity index is 2.11. The van der Waals surface area contributed by atoms with E-state index in [2.05, 4.69) is 10.0 Å². The van der Waals surface area contributed by atoms with Crippen LogP contribution >= 0.6 is 0 Å². The maximum atomic E-state index is 12.3. The number of carbonyl (C=O) groups is 2. The number of methoxy groups -OCH3 is 1. The Morgan fingerprint density at radius 3 is 2.33 bits per heavy atom. The van der Waals surface area contributed by atoms with E-state index < -0.39 is 15.9 Å². The van der Waals surface area contributed by atoms with Gasteiger partial charge in [-0.15, -0.1) is 0 Å². The average Bonchev–Trinajstić information content (AvgIpc) is 2.61. The molecule has 144 valence electrons. The minimum atomic E-state index is -3.70. The van der Waals surface area contributed by atoms with Gasteiger partial charge < -0.3 is 10.1 Å². The van der Waals surface area contributed by atoms with E-state index in [4.69, 9.17) is 4.74 Å². The third-order valence-electron chi connectivity index (χ3n) is 3.73. The van der Waals surface area contributed by atoms with Gasteiger partial charge in [-0.25, -0.2) is 13.1 Å². The molecule has 1 amide bonds. The van der Waals surface area contributed by atoms with Crippen LogP contribution in [0.3, 0.4) is 0 Å². The number of carbonyl (C=O) groups excluding carboxylic acids is 2. The lowest BCUT2D eigenvalue weighted by molar-refractivity contribution is 0.101. The van der Waals surface area contributed by atoms with Gasteiger partial charge in [-0.3, -0.25) is 9.59 Å². The molecule has 8 heteroatoms. The molecule has 2 N–H and O–H groups in total. The second kappa shape index (κ2) is 8.90. The van der Waals surface area contributed by atoms with Crippen molar-refractivity contribution in [3.8, 4) is 0 Å². The molecule has 0 aliphatic carbocycles. The molecule has 0 unspecified atom stereocenters. The summed E-state index contributed by atoms with van der Waals surface area (Å²) >= 11 is 0. The van der Waals surface area contributed by atoms with Gasteiger partial charge in [0.1, 0.15) is 0 Å². The number of ether oxygens (including phenoxy) is 1. The summed E-state index contributed by atoms with van der Waals surface area (Å²) in [6.45, 7) is 3.39. The molecule has 0 aliphatic heterocycles. The van der Waals surface area contributed by atoms with Crippen molar-refractivity contribution in [2.24, 2.45) is 0 Å². The van der Waals surface area contributed by atoms with Gasteiger partial charge in [0.25, 0.3) is 5.91 Å². The van der Waals surface area contributed by atoms with Crippen LogP contribution in [0.5, 0.6) is 0 Å². The van der Waals surface area contributed by atoms with Crippen LogP contribution in [0.1, 0.15) is 34.6 Å². The van der Waals surface area contributed by atoms with E-state index >= 15 is 0 Å². The molecule has 0 heterocycles. The summed E-state index contributed by atoms with van der Waals surface area (Å²) in [6, 6.07) is 11.8. The van der Waals surface area contributed by atoms with Crippen LogP contribution in [0.2, 0.25) is 0 Å². The molecule has 0 fully saturated rings. The quantitative estimate of drug-likeness (QED) is 0.674. The molecular weight excluding hydrogens is 368 g/mol. The highest BCUT2D eigenvalue weighted by Crippen LogP contribution is 2.15. The van der Waals surface area contributed by atoms with Gasteiger partial charge in [0.2, 0.25) is 10.0 Å². The van der Waals surface area contributed by atoms with E-state index in [0.29, 0.717) is 16.8 Å². The zero-order chi connectivity index (χ0) is 20.0. The molecule has 0 aromatic heterocycles. The first kappa shape index (κ1) is 20.8. The van der Waals surface area contributed by atoms with Crippen LogP contribution in [-0.4, -0.2) is 39.9 Å². The van der Waals surface area contributed by atoms with Crippen LogP contribution in [0.4, 0.5) is 5.69 Å². The van der Waals surface area contributed by atoms with Gasteiger partial charge >= 0.3 is 0 Å². The summed E-state index contributed by atoms with van der Waals surface area (Å²) in [5, 5.41) is 2.69. The normalized spacial score (nSPS) is 12.4. The molecule has 1 atom stereocenters. The lowest BCUT2D eigenvalue weighted by Gasteiger charge is -2.13. The van der Waals surface area contributed by atoms with Crippen LogP contribution in [-0.2, 0) is 14.8 Å². The topological polar surface area (TPSA) is 102 Å². The van der Waals surface area contributed by atoms with Crippen molar-refractivity contribution in [2.75, 3.05) is 19.0 Å². The SMILES string of the molecule is COC[C@@H](C)NS(=O)(=O)c1ccc(C(=O)Nc2cccc(C(C)=O)c2)cc1. The highest BCUT2D eigenvalue weighted by Gasteiger charge is 2.18. The summed E-state index contributed by atoms with van der Waals surface area (Å²) in [5.74, 6) is -0.503. The van der Waals surface area contributed by atoms with Gasteiger partial charge in [-0.05, 0) is 50.2 Å². The molecule has 0 radical (unpaired) electrons. The first-order chi connectivity index (χ1) is 12.7. The molecule has 0 spiro atoms. The molecule has 27 heavy (non-hydrogen) atoms. The number of ketones is 1. The number of Topliss-reactive ketones (excluding diaryl/α,β-unsaturated/α-hetero) is 1. The second-order valence-corrected chi connectivity index (χ2v) is 7.81. The van der Waals surface area contributed by atoms with Crippen molar-refractivity contribution in [3.05, 3.63) is 59.7 Å². The number of hydrogen-bond acceptors (Lipinski definition) is 5. The molecule has 0 saturated carbocycles. The van der Waals surface area contributed by atoms with Crippen molar-refractivity contribution < 1.29 is 22.7 Å². The van der Waals surface area contributed by atoms with Gasteiger partial charge in [0, 0.05) is 30.0 Å². The van der Waals surface area contributed by atoms with E-state index in [1.165, 1.54) is 38.3 Å². The molecule has 2 aromatic carbocycles. The molecule has 0 saturated heterocycles. The molecule has 0 bridgehead atoms. The Morgan fingerprint density at radius 1 is 1.07 bits per heavy atom. The zero-order valence-corrected chi connectivity index (χ0v) is 16.2. The lowest BCUT2D eigenvalue weighted by atomic mass is 10.1. The van der Waals surface area contributed by atoms with Crippen LogP contribution in [0.15, 0.2) is 53.4 Å².